The molecule has 0 bridgehead atoms. The lowest BCUT2D eigenvalue weighted by atomic mass is 10.2. The maximum Gasteiger partial charge on any atom is 0.375 e. The van der Waals surface area contributed by atoms with E-state index in [-0.39, 0.29) is 11.0 Å². The van der Waals surface area contributed by atoms with Crippen molar-refractivity contribution in [2.75, 3.05) is 0 Å². The third kappa shape index (κ3) is 1.21. The van der Waals surface area contributed by atoms with Gasteiger partial charge >= 0.3 is 11.2 Å². The minimum atomic E-state index is -0.934. The van der Waals surface area contributed by atoms with Crippen LogP contribution in [-0.2, 0) is 0 Å². The van der Waals surface area contributed by atoms with Crippen molar-refractivity contribution < 1.29 is 10.0 Å². The van der Waals surface area contributed by atoms with Gasteiger partial charge in [-0.1, -0.05) is 18.2 Å². The zero-order valence-electron chi connectivity index (χ0n) is 8.93. The van der Waals surface area contributed by atoms with E-state index in [0.29, 0.717) is 10.9 Å². The van der Waals surface area contributed by atoms with Gasteiger partial charge in [-0.2, -0.15) is 0 Å². The number of fused-ring (bicyclic) bond motifs is 3. The van der Waals surface area contributed by atoms with Crippen molar-refractivity contribution in [3.8, 4) is 5.75 Å². The summed E-state index contributed by atoms with van der Waals surface area (Å²) >= 11 is 0. The van der Waals surface area contributed by atoms with Crippen LogP contribution in [-0.4, -0.2) is 20.0 Å². The lowest BCUT2D eigenvalue weighted by Crippen LogP contribution is -2.11. The molecule has 0 aliphatic heterocycles. The summed E-state index contributed by atoms with van der Waals surface area (Å²) in [4.78, 5) is 26.6. The van der Waals surface area contributed by atoms with Gasteiger partial charge in [0.05, 0.1) is 10.3 Å². The van der Waals surface area contributed by atoms with E-state index >= 15 is 0 Å². The molecule has 1 aromatic carbocycles. The molecular weight excluding hydrogens is 238 g/mol. The Labute approximate surface area is 98.8 Å². The number of hydrogen-bond donors (Lipinski definition) is 3. The zero-order chi connectivity index (χ0) is 12.9. The number of hydrogen-bond acceptors (Lipinski definition) is 4. The van der Waals surface area contributed by atoms with Gasteiger partial charge in [-0.05, 0) is 6.07 Å². The first-order chi connectivity index (χ1) is 8.59. The van der Waals surface area contributed by atoms with E-state index < -0.39 is 21.9 Å². The minimum absolute atomic E-state index is 0.247. The van der Waals surface area contributed by atoms with Crippen LogP contribution >= 0.6 is 0 Å². The van der Waals surface area contributed by atoms with Crippen LogP contribution in [0.5, 0.6) is 5.75 Å². The Hall–Kier alpha value is -2.83. The summed E-state index contributed by atoms with van der Waals surface area (Å²) in [5.74, 6) is -0.615. The molecule has 0 aliphatic carbocycles. The van der Waals surface area contributed by atoms with Crippen molar-refractivity contribution in [2.45, 2.75) is 0 Å². The first kappa shape index (κ1) is 10.3. The molecule has 0 spiro atoms. The van der Waals surface area contributed by atoms with Gasteiger partial charge in [-0.25, -0.2) is 0 Å². The fourth-order valence-corrected chi connectivity index (χ4v) is 2.05. The highest BCUT2D eigenvalue weighted by Crippen LogP contribution is 2.35. The number of aromatic amines is 2. The molecule has 7 nitrogen and oxygen atoms in total. The number of benzene rings is 1. The van der Waals surface area contributed by atoms with Gasteiger partial charge in [0.25, 0.3) is 0 Å². The molecule has 7 heteroatoms. The number of aromatic hydroxyl groups is 1. The summed E-state index contributed by atoms with van der Waals surface area (Å²) in [6.07, 6.45) is 0. The SMILES string of the molecule is O=c1[nH]c2[nH]c3ccccc3c2c(O)c1[N+](=O)[O-]. The first-order valence-electron chi connectivity index (χ1n) is 5.09. The second-order valence-electron chi connectivity index (χ2n) is 3.83. The van der Waals surface area contributed by atoms with Gasteiger partial charge in [0.2, 0.25) is 5.75 Å². The summed E-state index contributed by atoms with van der Waals surface area (Å²) in [5.41, 5.74) is -0.827. The Morgan fingerprint density at radius 2 is 1.94 bits per heavy atom. The van der Waals surface area contributed by atoms with E-state index in [1.807, 2.05) is 0 Å². The van der Waals surface area contributed by atoms with Crippen LogP contribution in [0.2, 0.25) is 0 Å². The molecule has 3 rings (SSSR count). The maximum absolute atomic E-state index is 11.5. The molecule has 0 fully saturated rings. The summed E-state index contributed by atoms with van der Waals surface area (Å²) in [6, 6.07) is 6.97. The summed E-state index contributed by atoms with van der Waals surface area (Å²) < 4.78 is 0. The highest BCUT2D eigenvalue weighted by atomic mass is 16.6. The Bertz CT molecular complexity index is 846. The Morgan fingerprint density at radius 1 is 1.22 bits per heavy atom. The van der Waals surface area contributed by atoms with Gasteiger partial charge in [-0.15, -0.1) is 0 Å². The topological polar surface area (TPSA) is 112 Å². The molecule has 0 amide bonds. The molecule has 0 radical (unpaired) electrons. The van der Waals surface area contributed by atoms with Crippen LogP contribution in [0.25, 0.3) is 21.9 Å². The van der Waals surface area contributed by atoms with E-state index in [1.54, 1.807) is 24.3 Å². The number of aromatic nitrogens is 2. The standard InChI is InChI=1S/C11H7N3O4/c15-9-7-5-3-1-2-4-6(5)12-10(7)13-11(16)8(9)14(17)18/h1-4H,(H3,12,13,15,16). The van der Waals surface area contributed by atoms with Gasteiger partial charge in [0.15, 0.2) is 0 Å². The third-order valence-electron chi connectivity index (χ3n) is 2.80. The number of para-hydroxylation sites is 1. The smallest absolute Gasteiger partial charge is 0.375 e. The zero-order valence-corrected chi connectivity index (χ0v) is 8.93. The van der Waals surface area contributed by atoms with Crippen LogP contribution in [0.15, 0.2) is 29.1 Å². The number of H-pyrrole nitrogens is 2. The highest BCUT2D eigenvalue weighted by Gasteiger charge is 2.24. The quantitative estimate of drug-likeness (QED) is 0.446. The van der Waals surface area contributed by atoms with E-state index in [2.05, 4.69) is 9.97 Å². The lowest BCUT2D eigenvalue weighted by molar-refractivity contribution is -0.387. The van der Waals surface area contributed by atoms with E-state index in [9.17, 15) is 20.0 Å². The molecule has 18 heavy (non-hydrogen) atoms. The predicted molar refractivity (Wildman–Crippen MR) is 64.7 cm³/mol. The Balaban J connectivity index is 2.61. The molecule has 3 aromatic rings. The van der Waals surface area contributed by atoms with Gasteiger partial charge in [0, 0.05) is 10.9 Å². The van der Waals surface area contributed by atoms with E-state index in [4.69, 9.17) is 0 Å². The monoisotopic (exact) mass is 245 g/mol. The summed E-state index contributed by atoms with van der Waals surface area (Å²) in [5, 5.41) is 21.5. The number of nitrogens with zero attached hydrogens (tertiary/aromatic N) is 1. The number of pyridine rings is 1. The van der Waals surface area contributed by atoms with Gasteiger partial charge < -0.3 is 15.1 Å². The molecule has 90 valence electrons. The second-order valence-corrected chi connectivity index (χ2v) is 3.83. The number of rotatable bonds is 1. The Kier molecular flexibility index (Phi) is 1.91. The summed E-state index contributed by atoms with van der Waals surface area (Å²) in [6.45, 7) is 0. The average molecular weight is 245 g/mol. The fraction of sp³-hybridized carbons (Fsp3) is 0. The van der Waals surface area contributed by atoms with Gasteiger partial charge in [-0.3, -0.25) is 14.9 Å². The molecular formula is C11H7N3O4. The molecule has 2 aromatic heterocycles. The van der Waals surface area contributed by atoms with Crippen molar-refractivity contribution >= 4 is 27.6 Å². The van der Waals surface area contributed by atoms with Crippen LogP contribution in [0.1, 0.15) is 0 Å². The lowest BCUT2D eigenvalue weighted by Gasteiger charge is -1.97. The molecule has 0 saturated carbocycles. The third-order valence-corrected chi connectivity index (χ3v) is 2.80. The minimum Gasteiger partial charge on any atom is -0.501 e. The molecule has 2 heterocycles. The molecule has 0 saturated heterocycles. The maximum atomic E-state index is 11.5. The van der Waals surface area contributed by atoms with E-state index in [0.717, 1.165) is 0 Å². The van der Waals surface area contributed by atoms with Crippen LogP contribution in [0, 0.1) is 10.1 Å². The molecule has 0 aliphatic rings. The first-order valence-corrected chi connectivity index (χ1v) is 5.09. The van der Waals surface area contributed by atoms with Crippen molar-refractivity contribution in [3.63, 3.8) is 0 Å². The van der Waals surface area contributed by atoms with Crippen LogP contribution in [0.3, 0.4) is 0 Å². The van der Waals surface area contributed by atoms with Crippen LogP contribution in [0.4, 0.5) is 5.69 Å². The van der Waals surface area contributed by atoms with Crippen LogP contribution < -0.4 is 5.56 Å². The second kappa shape index (κ2) is 3.33. The largest absolute Gasteiger partial charge is 0.501 e. The fourth-order valence-electron chi connectivity index (χ4n) is 2.05. The van der Waals surface area contributed by atoms with Crippen molar-refractivity contribution in [1.82, 2.24) is 9.97 Å². The number of nitrogens with one attached hydrogen (secondary N) is 2. The van der Waals surface area contributed by atoms with Crippen molar-refractivity contribution in [3.05, 3.63) is 44.7 Å². The van der Waals surface area contributed by atoms with Gasteiger partial charge in [0.1, 0.15) is 5.65 Å². The number of nitro groups is 1. The van der Waals surface area contributed by atoms with Crippen molar-refractivity contribution in [1.29, 1.82) is 0 Å². The predicted octanol–water partition coefficient (Wildman–Crippen LogP) is 1.62. The Morgan fingerprint density at radius 3 is 2.67 bits per heavy atom. The summed E-state index contributed by atoms with van der Waals surface area (Å²) in [7, 11) is 0. The average Bonchev–Trinajstić information content (AvgIpc) is 2.66. The highest BCUT2D eigenvalue weighted by molar-refractivity contribution is 6.10. The van der Waals surface area contributed by atoms with Crippen molar-refractivity contribution in [2.24, 2.45) is 0 Å². The molecule has 0 atom stereocenters. The normalized spacial score (nSPS) is 11.1. The molecule has 3 N–H and O–H groups in total. The van der Waals surface area contributed by atoms with E-state index in [1.165, 1.54) is 0 Å². The molecule has 0 unspecified atom stereocenters.